The highest BCUT2D eigenvalue weighted by molar-refractivity contribution is 5.85. The third-order valence-corrected chi connectivity index (χ3v) is 5.39. The fourth-order valence-electron chi connectivity index (χ4n) is 4.03. The molecular weight excluding hydrogens is 344 g/mol. The average Bonchev–Trinajstić information content (AvgIpc) is 2.62. The lowest BCUT2D eigenvalue weighted by molar-refractivity contribution is 0.0923. The number of ether oxygens (including phenoxy) is 1. The van der Waals surface area contributed by atoms with Gasteiger partial charge in [0, 0.05) is 6.54 Å². The van der Waals surface area contributed by atoms with Crippen LogP contribution in [0.2, 0.25) is 0 Å². The molecule has 0 aromatic heterocycles. The van der Waals surface area contributed by atoms with Gasteiger partial charge in [0.1, 0.15) is 5.75 Å². The van der Waals surface area contributed by atoms with Crippen LogP contribution in [-0.4, -0.2) is 18.7 Å². The normalized spacial score (nSPS) is 20.7. The van der Waals surface area contributed by atoms with Gasteiger partial charge in [-0.3, -0.25) is 5.84 Å². The van der Waals surface area contributed by atoms with E-state index >= 15 is 0 Å². The molecule has 4 heteroatoms. The largest absolute Gasteiger partial charge is 0.496 e. The van der Waals surface area contributed by atoms with Crippen molar-refractivity contribution in [3.8, 4) is 5.75 Å². The summed E-state index contributed by atoms with van der Waals surface area (Å²) in [4.78, 5) is 0. The Kier molecular flexibility index (Phi) is 7.51. The van der Waals surface area contributed by atoms with Crippen LogP contribution in [0, 0.1) is 5.92 Å². The second-order valence-corrected chi connectivity index (χ2v) is 7.43. The molecule has 0 radical (unpaired) electrons. The highest BCUT2D eigenvalue weighted by atomic mass is 35.5. The van der Waals surface area contributed by atoms with Crippen molar-refractivity contribution in [2.75, 3.05) is 13.7 Å². The number of hydrogen-bond donors (Lipinski definition) is 1. The number of halogens is 1. The molecule has 1 heterocycles. The fraction of sp³-hybridized carbons (Fsp3) is 0.455. The molecule has 1 saturated heterocycles. The Labute approximate surface area is 163 Å². The number of hydrogen-bond acceptors (Lipinski definition) is 3. The first-order chi connectivity index (χ1) is 12.1. The first-order valence-electron chi connectivity index (χ1n) is 9.33. The highest BCUT2D eigenvalue weighted by Gasteiger charge is 2.31. The van der Waals surface area contributed by atoms with Crippen LogP contribution in [0.3, 0.4) is 0 Å². The van der Waals surface area contributed by atoms with Crippen LogP contribution in [0.5, 0.6) is 5.75 Å². The van der Waals surface area contributed by atoms with Gasteiger partial charge in [-0.1, -0.05) is 56.3 Å². The van der Waals surface area contributed by atoms with E-state index in [-0.39, 0.29) is 18.4 Å². The molecule has 2 N–H and O–H groups in total. The van der Waals surface area contributed by atoms with E-state index < -0.39 is 0 Å². The zero-order chi connectivity index (χ0) is 17.8. The Morgan fingerprint density at radius 1 is 1.15 bits per heavy atom. The molecule has 0 amide bonds. The fourth-order valence-corrected chi connectivity index (χ4v) is 4.03. The predicted molar refractivity (Wildman–Crippen MR) is 111 cm³/mol. The number of nitrogens with two attached hydrogens (primary N) is 1. The lowest BCUT2D eigenvalue weighted by Crippen LogP contribution is -2.44. The van der Waals surface area contributed by atoms with Crippen molar-refractivity contribution in [3.63, 3.8) is 0 Å². The summed E-state index contributed by atoms with van der Waals surface area (Å²) < 4.78 is 5.64. The number of rotatable bonds is 5. The van der Waals surface area contributed by atoms with Gasteiger partial charge in [0.05, 0.1) is 13.2 Å². The number of piperidine rings is 1. The van der Waals surface area contributed by atoms with Crippen molar-refractivity contribution in [2.24, 2.45) is 11.8 Å². The molecule has 26 heavy (non-hydrogen) atoms. The standard InChI is InChI=1S/C22H30N2O.ClH/c1-16(2)18-11-12-21(25-3)20(14-18)15-19-10-7-13-24(23)22(19)17-8-5-4-6-9-17;/h4-6,8-9,11-12,14,16,19,22H,7,10,13,15,23H2,1-3H3;1H/t19-,22+;/m0./s1. The summed E-state index contributed by atoms with van der Waals surface area (Å²) in [6.45, 7) is 5.43. The summed E-state index contributed by atoms with van der Waals surface area (Å²) in [6.07, 6.45) is 3.34. The van der Waals surface area contributed by atoms with Gasteiger partial charge in [0.25, 0.3) is 0 Å². The third kappa shape index (κ3) is 4.59. The van der Waals surface area contributed by atoms with E-state index in [4.69, 9.17) is 10.6 Å². The number of benzene rings is 2. The second kappa shape index (κ2) is 9.40. The molecule has 0 spiro atoms. The minimum Gasteiger partial charge on any atom is -0.496 e. The lowest BCUT2D eigenvalue weighted by atomic mass is 9.81. The zero-order valence-electron chi connectivity index (χ0n) is 16.0. The molecular formula is C22H31ClN2O. The number of nitrogens with zero attached hydrogens (tertiary/aromatic N) is 1. The van der Waals surface area contributed by atoms with Crippen LogP contribution in [0.1, 0.15) is 55.3 Å². The Hall–Kier alpha value is -1.55. The van der Waals surface area contributed by atoms with Crippen LogP contribution in [0.25, 0.3) is 0 Å². The van der Waals surface area contributed by atoms with E-state index in [2.05, 4.69) is 62.4 Å². The smallest absolute Gasteiger partial charge is 0.122 e. The van der Waals surface area contributed by atoms with E-state index in [0.717, 1.165) is 25.1 Å². The van der Waals surface area contributed by atoms with Gasteiger partial charge in [-0.2, -0.15) is 0 Å². The number of methoxy groups -OCH3 is 1. The van der Waals surface area contributed by atoms with Crippen LogP contribution in [0.15, 0.2) is 48.5 Å². The Morgan fingerprint density at radius 3 is 2.54 bits per heavy atom. The summed E-state index contributed by atoms with van der Waals surface area (Å²) in [6, 6.07) is 17.6. The molecule has 2 aromatic rings. The Morgan fingerprint density at radius 2 is 1.88 bits per heavy atom. The molecule has 0 bridgehead atoms. The van der Waals surface area contributed by atoms with Crippen molar-refractivity contribution in [2.45, 2.75) is 45.1 Å². The molecule has 1 aliphatic heterocycles. The van der Waals surface area contributed by atoms with Crippen LogP contribution >= 0.6 is 12.4 Å². The minimum absolute atomic E-state index is 0. The van der Waals surface area contributed by atoms with Gasteiger partial charge in [-0.15, -0.1) is 12.4 Å². The monoisotopic (exact) mass is 374 g/mol. The Bertz CT molecular complexity index is 690. The summed E-state index contributed by atoms with van der Waals surface area (Å²) in [5, 5.41) is 2.03. The average molecular weight is 375 g/mol. The highest BCUT2D eigenvalue weighted by Crippen LogP contribution is 2.38. The molecule has 1 fully saturated rings. The zero-order valence-corrected chi connectivity index (χ0v) is 16.8. The maximum Gasteiger partial charge on any atom is 0.122 e. The molecule has 3 rings (SSSR count). The second-order valence-electron chi connectivity index (χ2n) is 7.43. The SMILES string of the molecule is COc1ccc(C(C)C)cc1C[C@@H]1CCCN(N)[C@@H]1c1ccccc1.Cl. The van der Waals surface area contributed by atoms with Crippen LogP contribution < -0.4 is 10.6 Å². The first-order valence-corrected chi connectivity index (χ1v) is 9.33. The molecule has 0 saturated carbocycles. The van der Waals surface area contributed by atoms with Crippen molar-refractivity contribution >= 4 is 12.4 Å². The van der Waals surface area contributed by atoms with Gasteiger partial charge < -0.3 is 4.74 Å². The van der Waals surface area contributed by atoms with E-state index in [0.29, 0.717) is 11.8 Å². The van der Waals surface area contributed by atoms with E-state index in [1.165, 1.54) is 23.1 Å². The van der Waals surface area contributed by atoms with Crippen LogP contribution in [-0.2, 0) is 6.42 Å². The van der Waals surface area contributed by atoms with Crippen molar-refractivity contribution in [1.29, 1.82) is 0 Å². The summed E-state index contributed by atoms with van der Waals surface area (Å²) in [5.41, 5.74) is 3.98. The van der Waals surface area contributed by atoms with Gasteiger partial charge in [0.15, 0.2) is 0 Å². The maximum absolute atomic E-state index is 6.41. The maximum atomic E-state index is 6.41. The summed E-state index contributed by atoms with van der Waals surface area (Å²) >= 11 is 0. The lowest BCUT2D eigenvalue weighted by Gasteiger charge is -2.39. The summed E-state index contributed by atoms with van der Waals surface area (Å²) in [7, 11) is 1.76. The van der Waals surface area contributed by atoms with E-state index in [9.17, 15) is 0 Å². The molecule has 0 unspecified atom stereocenters. The topological polar surface area (TPSA) is 38.5 Å². The van der Waals surface area contributed by atoms with Gasteiger partial charge in [-0.25, -0.2) is 5.01 Å². The quantitative estimate of drug-likeness (QED) is 0.739. The minimum atomic E-state index is 0. The van der Waals surface area contributed by atoms with Gasteiger partial charge in [-0.05, 0) is 53.9 Å². The number of hydrazine groups is 1. The third-order valence-electron chi connectivity index (χ3n) is 5.39. The summed E-state index contributed by atoms with van der Waals surface area (Å²) in [5.74, 6) is 8.41. The van der Waals surface area contributed by atoms with Crippen molar-refractivity contribution in [3.05, 3.63) is 65.2 Å². The molecule has 1 aliphatic rings. The van der Waals surface area contributed by atoms with Gasteiger partial charge >= 0.3 is 0 Å². The first kappa shape index (κ1) is 20.8. The predicted octanol–water partition coefficient (Wildman–Crippen LogP) is 5.11. The molecule has 2 aromatic carbocycles. The van der Waals surface area contributed by atoms with E-state index in [1.807, 2.05) is 5.01 Å². The van der Waals surface area contributed by atoms with Gasteiger partial charge in [0.2, 0.25) is 0 Å². The molecule has 142 valence electrons. The van der Waals surface area contributed by atoms with E-state index in [1.54, 1.807) is 7.11 Å². The molecule has 0 aliphatic carbocycles. The van der Waals surface area contributed by atoms with Crippen molar-refractivity contribution < 1.29 is 4.74 Å². The molecule has 2 atom stereocenters. The molecule has 3 nitrogen and oxygen atoms in total. The Balaban J connectivity index is 0.00000243. The van der Waals surface area contributed by atoms with Crippen molar-refractivity contribution in [1.82, 2.24) is 5.01 Å². The van der Waals surface area contributed by atoms with Crippen LogP contribution in [0.4, 0.5) is 0 Å².